The molecule has 1 aromatic heterocycles. The molecule has 0 amide bonds. The van der Waals surface area contributed by atoms with E-state index in [4.69, 9.17) is 5.73 Å². The smallest absolute Gasteiger partial charge is 0.0312 e. The first-order valence-corrected chi connectivity index (χ1v) is 6.00. The Hall–Kier alpha value is -0.930. The van der Waals surface area contributed by atoms with Gasteiger partial charge in [0.25, 0.3) is 0 Å². The first kappa shape index (κ1) is 11.6. The lowest BCUT2D eigenvalue weighted by Gasteiger charge is -2.46. The van der Waals surface area contributed by atoms with Crippen LogP contribution in [0.2, 0.25) is 0 Å². The summed E-state index contributed by atoms with van der Waals surface area (Å²) in [7, 11) is 0. The fourth-order valence-corrected chi connectivity index (χ4v) is 2.37. The number of hydrogen-bond donors (Lipinski definition) is 1. The summed E-state index contributed by atoms with van der Waals surface area (Å²) in [4.78, 5) is 6.63. The Morgan fingerprint density at radius 2 is 2.38 bits per heavy atom. The third-order valence-corrected chi connectivity index (χ3v) is 3.76. The first-order chi connectivity index (χ1) is 7.60. The molecule has 2 N–H and O–H groups in total. The fourth-order valence-electron chi connectivity index (χ4n) is 2.37. The van der Waals surface area contributed by atoms with E-state index in [2.05, 4.69) is 29.8 Å². The van der Waals surface area contributed by atoms with E-state index in [1.807, 2.05) is 18.5 Å². The normalized spacial score (nSPS) is 25.6. The molecule has 3 nitrogen and oxygen atoms in total. The van der Waals surface area contributed by atoms with Gasteiger partial charge in [-0.3, -0.25) is 9.88 Å². The summed E-state index contributed by atoms with van der Waals surface area (Å²) in [5, 5.41) is 0. The van der Waals surface area contributed by atoms with Gasteiger partial charge in [-0.15, -0.1) is 0 Å². The number of nitrogens with two attached hydrogens (primary N) is 1. The molecule has 1 aliphatic rings. The highest BCUT2D eigenvalue weighted by Crippen LogP contribution is 2.27. The van der Waals surface area contributed by atoms with Crippen molar-refractivity contribution in [2.24, 2.45) is 5.73 Å². The molecule has 0 aliphatic carbocycles. The van der Waals surface area contributed by atoms with Gasteiger partial charge in [0.1, 0.15) is 0 Å². The van der Waals surface area contributed by atoms with E-state index in [0.29, 0.717) is 0 Å². The highest BCUT2D eigenvalue weighted by atomic mass is 15.2. The Labute approximate surface area is 97.7 Å². The van der Waals surface area contributed by atoms with Crippen LogP contribution in [0.25, 0.3) is 0 Å². The summed E-state index contributed by atoms with van der Waals surface area (Å²) >= 11 is 0. The molecule has 16 heavy (non-hydrogen) atoms. The number of likely N-dealkylation sites (tertiary alicyclic amines) is 1. The van der Waals surface area contributed by atoms with Crippen LogP contribution in [0, 0.1) is 0 Å². The van der Waals surface area contributed by atoms with E-state index < -0.39 is 0 Å². The van der Waals surface area contributed by atoms with Crippen LogP contribution in [-0.2, 0) is 6.54 Å². The Morgan fingerprint density at radius 1 is 1.56 bits per heavy atom. The molecule has 1 fully saturated rings. The first-order valence-electron chi connectivity index (χ1n) is 6.00. The van der Waals surface area contributed by atoms with Gasteiger partial charge >= 0.3 is 0 Å². The summed E-state index contributed by atoms with van der Waals surface area (Å²) in [6.45, 7) is 6.57. The van der Waals surface area contributed by atoms with Crippen LogP contribution in [-0.4, -0.2) is 28.0 Å². The third kappa shape index (κ3) is 2.25. The molecule has 2 heterocycles. The van der Waals surface area contributed by atoms with Crippen LogP contribution < -0.4 is 5.73 Å². The van der Waals surface area contributed by atoms with Gasteiger partial charge in [-0.1, -0.05) is 6.07 Å². The second-order valence-electron chi connectivity index (χ2n) is 5.19. The van der Waals surface area contributed by atoms with Gasteiger partial charge in [-0.05, 0) is 44.9 Å². The Morgan fingerprint density at radius 3 is 3.06 bits per heavy atom. The van der Waals surface area contributed by atoms with Crippen LogP contribution in [0.1, 0.15) is 32.3 Å². The van der Waals surface area contributed by atoms with Gasteiger partial charge in [0.05, 0.1) is 0 Å². The largest absolute Gasteiger partial charge is 0.326 e. The number of aromatic nitrogens is 1. The highest BCUT2D eigenvalue weighted by molar-refractivity contribution is 5.10. The van der Waals surface area contributed by atoms with Crippen molar-refractivity contribution in [2.75, 3.05) is 6.54 Å². The van der Waals surface area contributed by atoms with Crippen LogP contribution >= 0.6 is 0 Å². The lowest BCUT2D eigenvalue weighted by molar-refractivity contribution is 0.0501. The topological polar surface area (TPSA) is 42.1 Å². The van der Waals surface area contributed by atoms with E-state index in [0.717, 1.165) is 19.5 Å². The van der Waals surface area contributed by atoms with Crippen molar-refractivity contribution < 1.29 is 0 Å². The van der Waals surface area contributed by atoms with Gasteiger partial charge in [-0.25, -0.2) is 0 Å². The van der Waals surface area contributed by atoms with Crippen molar-refractivity contribution in [3.63, 3.8) is 0 Å². The Balaban J connectivity index is 2.09. The maximum absolute atomic E-state index is 6.20. The maximum atomic E-state index is 6.20. The predicted octanol–water partition coefficient (Wildman–Crippen LogP) is 1.78. The molecule has 88 valence electrons. The van der Waals surface area contributed by atoms with Crippen LogP contribution in [0.15, 0.2) is 24.5 Å². The van der Waals surface area contributed by atoms with Crippen molar-refractivity contribution >= 4 is 0 Å². The highest BCUT2D eigenvalue weighted by Gasteiger charge is 2.35. The van der Waals surface area contributed by atoms with Crippen molar-refractivity contribution in [3.8, 4) is 0 Å². The maximum Gasteiger partial charge on any atom is 0.0312 e. The molecule has 1 aromatic rings. The summed E-state index contributed by atoms with van der Waals surface area (Å²) in [6.07, 6.45) is 6.09. The van der Waals surface area contributed by atoms with E-state index in [1.54, 1.807) is 0 Å². The zero-order valence-corrected chi connectivity index (χ0v) is 10.2. The van der Waals surface area contributed by atoms with E-state index in [9.17, 15) is 0 Å². The standard InChI is InChI=1S/C13H21N3/c1-13(2)12(14)6-4-8-16(13)10-11-5-3-7-15-9-11/h3,5,7,9,12H,4,6,8,10,14H2,1-2H3. The summed E-state index contributed by atoms with van der Waals surface area (Å²) in [6, 6.07) is 4.40. The monoisotopic (exact) mass is 219 g/mol. The number of hydrogen-bond acceptors (Lipinski definition) is 3. The number of pyridine rings is 1. The minimum absolute atomic E-state index is 0.0914. The lowest BCUT2D eigenvalue weighted by Crippen LogP contribution is -2.59. The Bertz CT molecular complexity index is 334. The van der Waals surface area contributed by atoms with Gasteiger partial charge in [0.2, 0.25) is 0 Å². The molecule has 0 bridgehead atoms. The summed E-state index contributed by atoms with van der Waals surface area (Å²) in [5.74, 6) is 0. The number of nitrogens with zero attached hydrogens (tertiary/aromatic N) is 2. The van der Waals surface area contributed by atoms with Crippen LogP contribution in [0.5, 0.6) is 0 Å². The molecule has 3 heteroatoms. The second-order valence-corrected chi connectivity index (χ2v) is 5.19. The van der Waals surface area contributed by atoms with Gasteiger partial charge in [0.15, 0.2) is 0 Å². The van der Waals surface area contributed by atoms with Gasteiger partial charge in [-0.2, -0.15) is 0 Å². The zero-order valence-electron chi connectivity index (χ0n) is 10.2. The third-order valence-electron chi connectivity index (χ3n) is 3.76. The molecule has 1 saturated heterocycles. The number of piperidine rings is 1. The minimum Gasteiger partial charge on any atom is -0.326 e. The molecular weight excluding hydrogens is 198 g/mol. The average molecular weight is 219 g/mol. The summed E-state index contributed by atoms with van der Waals surface area (Å²) < 4.78 is 0. The minimum atomic E-state index is 0.0914. The molecular formula is C13H21N3. The molecule has 2 rings (SSSR count). The molecule has 1 aliphatic heterocycles. The van der Waals surface area contributed by atoms with Crippen molar-refractivity contribution in [1.82, 2.24) is 9.88 Å². The van der Waals surface area contributed by atoms with Crippen LogP contribution in [0.3, 0.4) is 0 Å². The van der Waals surface area contributed by atoms with Crippen molar-refractivity contribution in [2.45, 2.75) is 44.8 Å². The SMILES string of the molecule is CC1(C)C(N)CCCN1Cc1cccnc1. The lowest BCUT2D eigenvalue weighted by atomic mass is 9.85. The quantitative estimate of drug-likeness (QED) is 0.824. The Kier molecular flexibility index (Phi) is 3.26. The fraction of sp³-hybridized carbons (Fsp3) is 0.615. The average Bonchev–Trinajstić information content (AvgIpc) is 2.27. The summed E-state index contributed by atoms with van der Waals surface area (Å²) in [5.41, 5.74) is 7.56. The molecule has 1 unspecified atom stereocenters. The molecule has 0 saturated carbocycles. The van der Waals surface area contributed by atoms with Crippen molar-refractivity contribution in [3.05, 3.63) is 30.1 Å². The van der Waals surface area contributed by atoms with E-state index in [-0.39, 0.29) is 11.6 Å². The molecule has 1 atom stereocenters. The molecule has 0 radical (unpaired) electrons. The van der Waals surface area contributed by atoms with Crippen molar-refractivity contribution in [1.29, 1.82) is 0 Å². The molecule has 0 spiro atoms. The second kappa shape index (κ2) is 4.52. The van der Waals surface area contributed by atoms with E-state index >= 15 is 0 Å². The predicted molar refractivity (Wildman–Crippen MR) is 65.9 cm³/mol. The van der Waals surface area contributed by atoms with Crippen LogP contribution in [0.4, 0.5) is 0 Å². The zero-order chi connectivity index (χ0) is 11.6. The van der Waals surface area contributed by atoms with Gasteiger partial charge in [0, 0.05) is 30.5 Å². The number of rotatable bonds is 2. The van der Waals surface area contributed by atoms with Gasteiger partial charge < -0.3 is 5.73 Å². The van der Waals surface area contributed by atoms with E-state index in [1.165, 1.54) is 12.0 Å². The molecule has 0 aromatic carbocycles.